The maximum absolute atomic E-state index is 6.15. The van der Waals surface area contributed by atoms with E-state index in [1.807, 2.05) is 6.07 Å². The molecule has 1 saturated carbocycles. The summed E-state index contributed by atoms with van der Waals surface area (Å²) in [5.41, 5.74) is 8.11. The van der Waals surface area contributed by atoms with Gasteiger partial charge in [0, 0.05) is 28.6 Å². The van der Waals surface area contributed by atoms with Gasteiger partial charge in [-0.25, -0.2) is 0 Å². The highest BCUT2D eigenvalue weighted by Crippen LogP contribution is 2.63. The van der Waals surface area contributed by atoms with Crippen LogP contribution in [-0.4, -0.2) is 13.3 Å². The van der Waals surface area contributed by atoms with Gasteiger partial charge in [-0.15, -0.1) is 0 Å². The van der Waals surface area contributed by atoms with Gasteiger partial charge in [0.1, 0.15) is 11.5 Å². The van der Waals surface area contributed by atoms with Crippen LogP contribution in [0.3, 0.4) is 0 Å². The van der Waals surface area contributed by atoms with Crippen molar-refractivity contribution in [1.82, 2.24) is 0 Å². The van der Waals surface area contributed by atoms with Crippen LogP contribution in [0.5, 0.6) is 11.5 Å². The molecule has 1 fully saturated rings. The monoisotopic (exact) mass is 487 g/mol. The van der Waals surface area contributed by atoms with Crippen LogP contribution >= 0.6 is 0 Å². The van der Waals surface area contributed by atoms with Gasteiger partial charge in [0.25, 0.3) is 0 Å². The van der Waals surface area contributed by atoms with Crippen LogP contribution in [0.25, 0.3) is 0 Å². The maximum atomic E-state index is 6.15. The molecular weight excluding hydrogens is 454 g/mol. The lowest BCUT2D eigenvalue weighted by Crippen LogP contribution is -2.31. The molecule has 0 amide bonds. The molecule has 2 aliphatic heterocycles. The first-order chi connectivity index (χ1) is 18.0. The summed E-state index contributed by atoms with van der Waals surface area (Å²) >= 11 is 0. The molecule has 3 aliphatic rings. The first-order valence-electron chi connectivity index (χ1n) is 13.4. The second kappa shape index (κ2) is 8.41. The Labute approximate surface area is 219 Å². The molecule has 0 radical (unpaired) electrons. The Morgan fingerprint density at radius 2 is 1.35 bits per heavy atom. The molecule has 2 heterocycles. The summed E-state index contributed by atoms with van der Waals surface area (Å²) in [5, 5.41) is 0. The van der Waals surface area contributed by atoms with Crippen molar-refractivity contribution >= 4 is 5.69 Å². The molecule has 7 rings (SSSR count). The van der Waals surface area contributed by atoms with E-state index >= 15 is 0 Å². The van der Waals surface area contributed by atoms with E-state index in [1.54, 1.807) is 0 Å². The van der Waals surface area contributed by atoms with Gasteiger partial charge in [0.05, 0.1) is 6.61 Å². The van der Waals surface area contributed by atoms with Gasteiger partial charge in [-0.1, -0.05) is 86.6 Å². The maximum Gasteiger partial charge on any atom is 0.161 e. The van der Waals surface area contributed by atoms with E-state index in [0.29, 0.717) is 12.6 Å². The molecule has 3 heteroatoms. The summed E-state index contributed by atoms with van der Waals surface area (Å²) in [5.74, 6) is 2.66. The minimum Gasteiger partial charge on any atom is -0.493 e. The number of rotatable bonds is 4. The first kappa shape index (κ1) is 22.5. The summed E-state index contributed by atoms with van der Waals surface area (Å²) in [6, 6.07) is 35.2. The molecule has 1 aliphatic carbocycles. The third-order valence-electron chi connectivity index (χ3n) is 8.92. The van der Waals surface area contributed by atoms with Crippen LogP contribution in [0.15, 0.2) is 97.1 Å². The van der Waals surface area contributed by atoms with E-state index in [9.17, 15) is 0 Å². The standard InChI is InChI=1S/C34H33NO2/c1-33(2,28-15-17-29(18-16-28)35-21-26-8-4-6-10-32(26)37-23-35)27-13-11-24(12-14-27)30-20-34(30)19-25-7-3-5-9-31(25)36-22-34/h3-18,30H,19-23H2,1-2H3. The van der Waals surface area contributed by atoms with Crippen molar-refractivity contribution in [2.24, 2.45) is 5.41 Å². The zero-order chi connectivity index (χ0) is 25.0. The van der Waals surface area contributed by atoms with E-state index in [2.05, 4.69) is 110 Å². The number of hydrogen-bond donors (Lipinski definition) is 0. The zero-order valence-corrected chi connectivity index (χ0v) is 21.6. The third-order valence-corrected chi connectivity index (χ3v) is 8.92. The first-order valence-corrected chi connectivity index (χ1v) is 13.4. The van der Waals surface area contributed by atoms with E-state index in [-0.39, 0.29) is 10.8 Å². The van der Waals surface area contributed by atoms with Crippen LogP contribution in [0.1, 0.15) is 54.0 Å². The Morgan fingerprint density at radius 1 is 0.730 bits per heavy atom. The van der Waals surface area contributed by atoms with Gasteiger partial charge >= 0.3 is 0 Å². The van der Waals surface area contributed by atoms with Crippen molar-refractivity contribution in [2.75, 3.05) is 18.2 Å². The van der Waals surface area contributed by atoms with Crippen molar-refractivity contribution in [3.05, 3.63) is 125 Å². The molecular formula is C34H33NO2. The summed E-state index contributed by atoms with van der Waals surface area (Å²) in [6.07, 6.45) is 2.34. The molecule has 2 unspecified atom stereocenters. The number of benzene rings is 4. The molecule has 0 aromatic heterocycles. The topological polar surface area (TPSA) is 21.7 Å². The van der Waals surface area contributed by atoms with Gasteiger partial charge in [-0.05, 0) is 65.3 Å². The van der Waals surface area contributed by atoms with Crippen molar-refractivity contribution in [3.8, 4) is 11.5 Å². The lowest BCUT2D eigenvalue weighted by molar-refractivity contribution is 0.202. The van der Waals surface area contributed by atoms with Crippen LogP contribution in [0.4, 0.5) is 5.69 Å². The fraction of sp³-hybridized carbons (Fsp3) is 0.294. The summed E-state index contributed by atoms with van der Waals surface area (Å²) in [4.78, 5) is 2.28. The average molecular weight is 488 g/mol. The molecule has 3 nitrogen and oxygen atoms in total. The second-order valence-corrected chi connectivity index (χ2v) is 11.6. The number of fused-ring (bicyclic) bond motifs is 2. The number of anilines is 1. The van der Waals surface area contributed by atoms with Gasteiger partial charge in [-0.2, -0.15) is 0 Å². The zero-order valence-electron chi connectivity index (χ0n) is 21.6. The van der Waals surface area contributed by atoms with Gasteiger partial charge in [0.15, 0.2) is 6.73 Å². The van der Waals surface area contributed by atoms with Crippen LogP contribution < -0.4 is 14.4 Å². The smallest absolute Gasteiger partial charge is 0.161 e. The van der Waals surface area contributed by atoms with Gasteiger partial charge in [-0.3, -0.25) is 0 Å². The van der Waals surface area contributed by atoms with E-state index in [1.165, 1.54) is 39.9 Å². The lowest BCUT2D eigenvalue weighted by Gasteiger charge is -2.32. The average Bonchev–Trinajstić information content (AvgIpc) is 3.65. The predicted octanol–water partition coefficient (Wildman–Crippen LogP) is 7.48. The van der Waals surface area contributed by atoms with E-state index < -0.39 is 0 Å². The van der Waals surface area contributed by atoms with Gasteiger partial charge in [0.2, 0.25) is 0 Å². The Bertz CT molecular complexity index is 1440. The Morgan fingerprint density at radius 3 is 2.08 bits per heavy atom. The molecule has 2 atom stereocenters. The van der Waals surface area contributed by atoms with Crippen molar-refractivity contribution in [3.63, 3.8) is 0 Å². The highest BCUT2D eigenvalue weighted by Gasteiger charge is 2.56. The summed E-state index contributed by atoms with van der Waals surface area (Å²) in [7, 11) is 0. The van der Waals surface area contributed by atoms with Gasteiger partial charge < -0.3 is 14.4 Å². The Balaban J connectivity index is 1.06. The predicted molar refractivity (Wildman–Crippen MR) is 149 cm³/mol. The van der Waals surface area contributed by atoms with E-state index in [0.717, 1.165) is 31.1 Å². The Kier molecular flexibility index (Phi) is 5.11. The summed E-state index contributed by atoms with van der Waals surface area (Å²) < 4.78 is 12.1. The van der Waals surface area contributed by atoms with Crippen LogP contribution in [0.2, 0.25) is 0 Å². The van der Waals surface area contributed by atoms with Crippen LogP contribution in [-0.2, 0) is 18.4 Å². The second-order valence-electron chi connectivity index (χ2n) is 11.6. The molecule has 0 bridgehead atoms. The molecule has 4 aromatic rings. The Hall–Kier alpha value is -3.72. The quantitative estimate of drug-likeness (QED) is 0.298. The fourth-order valence-corrected chi connectivity index (χ4v) is 6.34. The number of hydrogen-bond acceptors (Lipinski definition) is 3. The fourth-order valence-electron chi connectivity index (χ4n) is 6.34. The molecule has 186 valence electrons. The summed E-state index contributed by atoms with van der Waals surface area (Å²) in [6.45, 7) is 6.94. The molecule has 4 aromatic carbocycles. The number of ether oxygens (including phenoxy) is 2. The van der Waals surface area contributed by atoms with Crippen molar-refractivity contribution in [2.45, 2.75) is 44.6 Å². The molecule has 0 N–H and O–H groups in total. The highest BCUT2D eigenvalue weighted by molar-refractivity contribution is 5.53. The number of para-hydroxylation sites is 2. The largest absolute Gasteiger partial charge is 0.493 e. The normalized spacial score (nSPS) is 22.0. The van der Waals surface area contributed by atoms with Crippen molar-refractivity contribution < 1.29 is 9.47 Å². The highest BCUT2D eigenvalue weighted by atomic mass is 16.5. The lowest BCUT2D eigenvalue weighted by atomic mass is 9.77. The van der Waals surface area contributed by atoms with Crippen LogP contribution in [0, 0.1) is 5.41 Å². The van der Waals surface area contributed by atoms with Crippen molar-refractivity contribution in [1.29, 1.82) is 0 Å². The molecule has 0 saturated heterocycles. The minimum atomic E-state index is -0.0732. The van der Waals surface area contributed by atoms with E-state index in [4.69, 9.17) is 9.47 Å². The molecule has 1 spiro atoms. The molecule has 37 heavy (non-hydrogen) atoms. The SMILES string of the molecule is CC(C)(c1ccc(C2CC23COc2ccccc2C3)cc1)c1ccc(N2COc3ccccc3C2)cc1. The minimum absolute atomic E-state index is 0.0732. The third kappa shape index (κ3) is 3.89. The number of nitrogens with zero attached hydrogens (tertiary/aromatic N) is 1.